The van der Waals surface area contributed by atoms with Gasteiger partial charge in [0.25, 0.3) is 0 Å². The molecule has 2 aliphatic rings. The average Bonchev–Trinajstić information content (AvgIpc) is 3.18. The van der Waals surface area contributed by atoms with E-state index in [9.17, 15) is 5.53 Å². The number of aryl methyl sites for hydroxylation is 1. The van der Waals surface area contributed by atoms with Crippen molar-refractivity contribution in [3.8, 4) is 0 Å². The fourth-order valence-corrected chi connectivity index (χ4v) is 4.86. The van der Waals surface area contributed by atoms with E-state index in [1.165, 1.54) is 0 Å². The van der Waals surface area contributed by atoms with E-state index in [0.29, 0.717) is 5.02 Å². The lowest BCUT2D eigenvalue weighted by Crippen LogP contribution is -2.45. The zero-order valence-electron chi connectivity index (χ0n) is 17.7. The Bertz CT molecular complexity index is 1220. The molecule has 1 aliphatic carbocycles. The third-order valence-electron chi connectivity index (χ3n) is 6.17. The Balaban J connectivity index is 1.78. The highest BCUT2D eigenvalue weighted by atomic mass is 35.5. The highest BCUT2D eigenvalue weighted by molar-refractivity contribution is 6.30. The molecule has 0 saturated carbocycles. The third-order valence-corrected chi connectivity index (χ3v) is 6.41. The van der Waals surface area contributed by atoms with Crippen LogP contribution in [0.15, 0.2) is 54.2 Å². The van der Waals surface area contributed by atoms with Gasteiger partial charge in [0.2, 0.25) is 0 Å². The number of hydrogen-bond donors (Lipinski definition) is 1. The Morgan fingerprint density at radius 3 is 2.88 bits per heavy atom. The summed E-state index contributed by atoms with van der Waals surface area (Å²) in [4.78, 5) is 14.7. The second kappa shape index (κ2) is 8.76. The first-order valence-corrected chi connectivity index (χ1v) is 11.0. The number of nitrogens with one attached hydrogen (secondary N) is 1. The molecule has 0 bridgehead atoms. The number of hydrogen-bond acceptors (Lipinski definition) is 5. The van der Waals surface area contributed by atoms with Crippen molar-refractivity contribution >= 4 is 23.3 Å². The molecule has 1 saturated heterocycles. The zero-order chi connectivity index (χ0) is 22.1. The summed E-state index contributed by atoms with van der Waals surface area (Å²) in [6.07, 6.45) is 7.39. The minimum atomic E-state index is -0.556. The summed E-state index contributed by atoms with van der Waals surface area (Å²) in [5.41, 5.74) is 15.2. The summed E-state index contributed by atoms with van der Waals surface area (Å²) in [5.74, 6) is 0. The van der Waals surface area contributed by atoms with Crippen LogP contribution in [-0.4, -0.2) is 45.6 Å². The van der Waals surface area contributed by atoms with E-state index >= 15 is 0 Å². The number of halogens is 1. The maximum atomic E-state index is 9.43. The molecule has 5 rings (SSSR count). The number of imidazole rings is 1. The van der Waals surface area contributed by atoms with Crippen LogP contribution in [0.25, 0.3) is 22.1 Å². The van der Waals surface area contributed by atoms with Gasteiger partial charge in [-0.3, -0.25) is 9.88 Å². The Kier molecular flexibility index (Phi) is 5.68. The van der Waals surface area contributed by atoms with Crippen LogP contribution in [0.4, 0.5) is 0 Å². The summed E-state index contributed by atoms with van der Waals surface area (Å²) in [7, 11) is 1.90. The Morgan fingerprint density at radius 1 is 1.28 bits per heavy atom. The molecule has 2 unspecified atom stereocenters. The molecule has 162 valence electrons. The molecular weight excluding hydrogens is 424 g/mol. The van der Waals surface area contributed by atoms with Crippen molar-refractivity contribution in [2.45, 2.75) is 12.1 Å². The van der Waals surface area contributed by atoms with Gasteiger partial charge in [0, 0.05) is 55.6 Å². The number of rotatable bonds is 4. The van der Waals surface area contributed by atoms with Crippen LogP contribution < -0.4 is 5.32 Å². The van der Waals surface area contributed by atoms with Crippen LogP contribution in [0.2, 0.25) is 5.02 Å². The first-order valence-electron chi connectivity index (χ1n) is 10.6. The predicted molar refractivity (Wildman–Crippen MR) is 125 cm³/mol. The molecule has 0 amide bonds. The highest BCUT2D eigenvalue weighted by Gasteiger charge is 2.33. The number of pyridine rings is 1. The lowest BCUT2D eigenvalue weighted by Gasteiger charge is -2.36. The number of nitrogens with zero attached hydrogens (tertiary/aromatic N) is 7. The van der Waals surface area contributed by atoms with Gasteiger partial charge in [0.1, 0.15) is 6.04 Å². The number of benzene rings is 1. The molecule has 0 spiro atoms. The van der Waals surface area contributed by atoms with Crippen molar-refractivity contribution in [1.29, 1.82) is 0 Å². The van der Waals surface area contributed by atoms with Crippen molar-refractivity contribution in [3.05, 3.63) is 92.6 Å². The lowest BCUT2D eigenvalue weighted by molar-refractivity contribution is 0.195. The monoisotopic (exact) mass is 446 g/mol. The number of piperazine rings is 1. The molecule has 2 aromatic heterocycles. The largest absolute Gasteiger partial charge is 0.337 e. The molecule has 3 heterocycles. The number of aromatic nitrogens is 3. The van der Waals surface area contributed by atoms with Gasteiger partial charge in [-0.2, -0.15) is 0 Å². The summed E-state index contributed by atoms with van der Waals surface area (Å²) in [6.45, 7) is 3.69. The summed E-state index contributed by atoms with van der Waals surface area (Å²) in [5, 5.41) is 8.27. The van der Waals surface area contributed by atoms with Crippen molar-refractivity contribution in [2.75, 3.05) is 26.2 Å². The number of fused-ring (bicyclic) bond motifs is 2. The first kappa shape index (κ1) is 20.7. The summed E-state index contributed by atoms with van der Waals surface area (Å²) >= 11 is 6.49. The molecule has 2 atom stereocenters. The Labute approximate surface area is 191 Å². The first-order chi connectivity index (χ1) is 15.7. The van der Waals surface area contributed by atoms with Crippen molar-refractivity contribution in [1.82, 2.24) is 24.8 Å². The van der Waals surface area contributed by atoms with E-state index in [0.717, 1.165) is 59.8 Å². The second-order valence-corrected chi connectivity index (χ2v) is 8.47. The lowest BCUT2D eigenvalue weighted by atomic mass is 9.90. The molecule has 8 nitrogen and oxygen atoms in total. The van der Waals surface area contributed by atoms with Crippen LogP contribution in [0.1, 0.15) is 40.2 Å². The zero-order valence-corrected chi connectivity index (χ0v) is 18.4. The van der Waals surface area contributed by atoms with E-state index in [1.54, 1.807) is 12.5 Å². The van der Waals surface area contributed by atoms with Gasteiger partial charge in [-0.15, -0.1) is 0 Å². The second-order valence-electron chi connectivity index (χ2n) is 8.03. The molecule has 32 heavy (non-hydrogen) atoms. The van der Waals surface area contributed by atoms with Crippen molar-refractivity contribution in [3.63, 3.8) is 0 Å². The maximum absolute atomic E-state index is 9.43. The molecule has 0 radical (unpaired) electrons. The van der Waals surface area contributed by atoms with Gasteiger partial charge < -0.3 is 9.88 Å². The molecule has 1 aromatic carbocycles. The van der Waals surface area contributed by atoms with Crippen LogP contribution in [-0.2, 0) is 7.05 Å². The van der Waals surface area contributed by atoms with Gasteiger partial charge in [0.15, 0.2) is 0 Å². The van der Waals surface area contributed by atoms with Crippen LogP contribution in [0.3, 0.4) is 0 Å². The van der Waals surface area contributed by atoms with E-state index in [-0.39, 0.29) is 6.04 Å². The highest BCUT2D eigenvalue weighted by Crippen LogP contribution is 2.45. The smallest absolute Gasteiger partial charge is 0.105 e. The van der Waals surface area contributed by atoms with E-state index < -0.39 is 6.04 Å². The van der Waals surface area contributed by atoms with E-state index in [2.05, 4.69) is 43.4 Å². The third kappa shape index (κ3) is 3.67. The molecule has 1 N–H and O–H groups in total. The van der Waals surface area contributed by atoms with E-state index in [1.807, 2.05) is 36.0 Å². The fourth-order valence-electron chi connectivity index (χ4n) is 4.69. The molecule has 1 aliphatic heterocycles. The maximum Gasteiger partial charge on any atom is 0.105 e. The molecule has 1 fully saturated rings. The van der Waals surface area contributed by atoms with Gasteiger partial charge >= 0.3 is 0 Å². The summed E-state index contributed by atoms with van der Waals surface area (Å²) < 4.78 is 1.88. The Morgan fingerprint density at radius 2 is 2.12 bits per heavy atom. The SMILES string of the molecule is Cn1cncc1C(N=[N+]=[N-])C1=Cc2cccnc2C(N2CCNCC2)c2ccc(Cl)cc21. The molecule has 3 aromatic rings. The van der Waals surface area contributed by atoms with Gasteiger partial charge in [-0.05, 0) is 52.1 Å². The minimum Gasteiger partial charge on any atom is -0.337 e. The van der Waals surface area contributed by atoms with Crippen LogP contribution in [0, 0.1) is 0 Å². The van der Waals surface area contributed by atoms with E-state index in [4.69, 9.17) is 16.6 Å². The van der Waals surface area contributed by atoms with Gasteiger partial charge in [0.05, 0.1) is 23.8 Å². The normalized spacial score (nSPS) is 19.2. The number of azide groups is 1. The Hall–Kier alpha value is -3.16. The topological polar surface area (TPSA) is 94.7 Å². The van der Waals surface area contributed by atoms with Gasteiger partial charge in [-0.1, -0.05) is 28.8 Å². The minimum absolute atomic E-state index is 0.0208. The standard InChI is InChI=1S/C23H23ClN8/c1-31-14-27-13-20(31)22(29-30-25)19-11-15-3-2-6-28-21(15)23(32-9-7-26-8-10-32)17-5-4-16(24)12-18(17)19/h2-6,11-14,22-23,26H,7-10H2,1H3. The summed E-state index contributed by atoms with van der Waals surface area (Å²) in [6, 6.07) is 9.41. The van der Waals surface area contributed by atoms with Crippen molar-refractivity contribution in [2.24, 2.45) is 12.2 Å². The fraction of sp³-hybridized carbons (Fsp3) is 0.304. The molecule has 9 heteroatoms. The molecular formula is C23H23ClN8. The predicted octanol–water partition coefficient (Wildman–Crippen LogP) is 4.37. The van der Waals surface area contributed by atoms with Crippen LogP contribution in [0.5, 0.6) is 0 Å². The quantitative estimate of drug-likeness (QED) is 0.365. The van der Waals surface area contributed by atoms with Crippen LogP contribution >= 0.6 is 11.6 Å². The van der Waals surface area contributed by atoms with Gasteiger partial charge in [-0.25, -0.2) is 4.98 Å². The average molecular weight is 447 g/mol. The van der Waals surface area contributed by atoms with Crippen molar-refractivity contribution < 1.29 is 0 Å².